The maximum absolute atomic E-state index is 11.7. The lowest BCUT2D eigenvalue weighted by atomic mass is 10.1. The largest absolute Gasteiger partial charge is 0.495 e. The summed E-state index contributed by atoms with van der Waals surface area (Å²) in [4.78, 5) is 21.2. The first-order valence-electron chi connectivity index (χ1n) is 9.94. The molecule has 0 aliphatic heterocycles. The first kappa shape index (κ1) is 20.9. The Bertz CT molecular complexity index is 1250. The van der Waals surface area contributed by atoms with Crippen LogP contribution in [0.5, 0.6) is 5.75 Å². The lowest BCUT2D eigenvalue weighted by Crippen LogP contribution is -2.07. The van der Waals surface area contributed by atoms with Crippen LogP contribution in [0, 0.1) is 6.92 Å². The van der Waals surface area contributed by atoms with Gasteiger partial charge in [-0.1, -0.05) is 23.7 Å². The second-order valence-corrected chi connectivity index (χ2v) is 7.46. The van der Waals surface area contributed by atoms with Crippen molar-refractivity contribution in [1.29, 1.82) is 0 Å². The minimum absolute atomic E-state index is 0.229. The number of carbonyl (C=O) groups is 1. The fourth-order valence-electron chi connectivity index (χ4n) is 3.46. The quantitative estimate of drug-likeness (QED) is 0.391. The molecule has 0 bridgehead atoms. The molecule has 0 atom stereocenters. The molecular formula is C24H22ClN3O3. The van der Waals surface area contributed by atoms with Gasteiger partial charge in [-0.3, -0.25) is 4.79 Å². The Labute approximate surface area is 185 Å². The zero-order valence-electron chi connectivity index (χ0n) is 17.6. The predicted octanol–water partition coefficient (Wildman–Crippen LogP) is 5.16. The molecule has 0 amide bonds. The van der Waals surface area contributed by atoms with Gasteiger partial charge in [0.25, 0.3) is 0 Å². The van der Waals surface area contributed by atoms with E-state index in [1.165, 1.54) is 0 Å². The molecule has 2 heterocycles. The summed E-state index contributed by atoms with van der Waals surface area (Å²) in [6.07, 6.45) is 2.22. The van der Waals surface area contributed by atoms with E-state index in [0.717, 1.165) is 33.5 Å². The molecule has 0 radical (unpaired) electrons. The Morgan fingerprint density at radius 2 is 1.87 bits per heavy atom. The standard InChI is InChI=1S/C24H22ClN3O3/c1-4-31-22(29)13-16-5-8-18(9-6-16)28-12-11-19-15(2)26-23(27-24(19)28)17-7-10-21(30-3)20(25)14-17/h5-12,14H,4,13H2,1-3H3. The number of fused-ring (bicyclic) bond motifs is 1. The van der Waals surface area contributed by atoms with Crippen LogP contribution >= 0.6 is 11.6 Å². The molecule has 0 saturated heterocycles. The molecule has 2 aromatic heterocycles. The van der Waals surface area contributed by atoms with Crippen molar-refractivity contribution in [3.63, 3.8) is 0 Å². The van der Waals surface area contributed by atoms with E-state index in [1.807, 2.05) is 60.2 Å². The number of halogens is 1. The number of hydrogen-bond acceptors (Lipinski definition) is 5. The van der Waals surface area contributed by atoms with Crippen LogP contribution in [0.2, 0.25) is 5.02 Å². The summed E-state index contributed by atoms with van der Waals surface area (Å²) in [5, 5.41) is 1.48. The molecule has 0 aliphatic carbocycles. The third-order valence-electron chi connectivity index (χ3n) is 5.01. The van der Waals surface area contributed by atoms with Gasteiger partial charge in [0, 0.05) is 22.8 Å². The van der Waals surface area contributed by atoms with Crippen LogP contribution in [0.1, 0.15) is 18.2 Å². The number of carbonyl (C=O) groups excluding carboxylic acids is 1. The highest BCUT2D eigenvalue weighted by Gasteiger charge is 2.13. The zero-order chi connectivity index (χ0) is 22.0. The van der Waals surface area contributed by atoms with E-state index >= 15 is 0 Å². The summed E-state index contributed by atoms with van der Waals surface area (Å²) in [6, 6.07) is 15.3. The van der Waals surface area contributed by atoms with Crippen LogP contribution in [-0.4, -0.2) is 34.2 Å². The van der Waals surface area contributed by atoms with Gasteiger partial charge in [0.2, 0.25) is 0 Å². The van der Waals surface area contributed by atoms with Gasteiger partial charge in [0.05, 0.1) is 30.9 Å². The van der Waals surface area contributed by atoms with E-state index in [1.54, 1.807) is 20.1 Å². The topological polar surface area (TPSA) is 66.2 Å². The Hall–Kier alpha value is -3.38. The molecule has 0 spiro atoms. The minimum Gasteiger partial charge on any atom is -0.495 e. The lowest BCUT2D eigenvalue weighted by molar-refractivity contribution is -0.142. The average molecular weight is 436 g/mol. The van der Waals surface area contributed by atoms with E-state index in [9.17, 15) is 4.79 Å². The summed E-state index contributed by atoms with van der Waals surface area (Å²) in [5.74, 6) is 0.968. The first-order valence-corrected chi connectivity index (χ1v) is 10.3. The number of nitrogens with zero attached hydrogens (tertiary/aromatic N) is 3. The number of benzene rings is 2. The van der Waals surface area contributed by atoms with Gasteiger partial charge in [-0.15, -0.1) is 0 Å². The highest BCUT2D eigenvalue weighted by molar-refractivity contribution is 6.32. The van der Waals surface area contributed by atoms with E-state index in [0.29, 0.717) is 23.2 Å². The molecule has 4 aromatic rings. The van der Waals surface area contributed by atoms with Crippen LogP contribution in [-0.2, 0) is 16.0 Å². The molecule has 6 nitrogen and oxygen atoms in total. The maximum atomic E-state index is 11.7. The number of rotatable bonds is 6. The maximum Gasteiger partial charge on any atom is 0.310 e. The Balaban J connectivity index is 1.71. The second-order valence-electron chi connectivity index (χ2n) is 7.05. The Morgan fingerprint density at radius 1 is 1.10 bits per heavy atom. The van der Waals surface area contributed by atoms with Crippen LogP contribution < -0.4 is 4.74 Å². The van der Waals surface area contributed by atoms with Crippen molar-refractivity contribution in [2.75, 3.05) is 13.7 Å². The number of aromatic nitrogens is 3. The summed E-state index contributed by atoms with van der Waals surface area (Å²) >= 11 is 6.30. The van der Waals surface area contributed by atoms with E-state index < -0.39 is 0 Å². The monoisotopic (exact) mass is 435 g/mol. The van der Waals surface area contributed by atoms with E-state index in [2.05, 4.69) is 4.98 Å². The third kappa shape index (κ3) is 4.25. The predicted molar refractivity (Wildman–Crippen MR) is 121 cm³/mol. The molecule has 0 saturated carbocycles. The summed E-state index contributed by atoms with van der Waals surface area (Å²) in [6.45, 7) is 4.15. The molecule has 0 aliphatic rings. The van der Waals surface area contributed by atoms with Crippen molar-refractivity contribution in [2.24, 2.45) is 0 Å². The Morgan fingerprint density at radius 3 is 2.55 bits per heavy atom. The number of methoxy groups -OCH3 is 1. The van der Waals surface area contributed by atoms with Crippen molar-refractivity contribution < 1.29 is 14.3 Å². The van der Waals surface area contributed by atoms with Gasteiger partial charge in [-0.2, -0.15) is 0 Å². The SMILES string of the molecule is CCOC(=O)Cc1ccc(-n2ccc3c(C)nc(-c4ccc(OC)c(Cl)c4)nc32)cc1. The number of hydrogen-bond donors (Lipinski definition) is 0. The van der Waals surface area contributed by atoms with Gasteiger partial charge >= 0.3 is 5.97 Å². The van der Waals surface area contributed by atoms with Crippen molar-refractivity contribution in [2.45, 2.75) is 20.3 Å². The van der Waals surface area contributed by atoms with E-state index in [-0.39, 0.29) is 12.4 Å². The van der Waals surface area contributed by atoms with Crippen LogP contribution in [0.25, 0.3) is 28.1 Å². The van der Waals surface area contributed by atoms with Crippen LogP contribution in [0.15, 0.2) is 54.7 Å². The van der Waals surface area contributed by atoms with Crippen LogP contribution in [0.3, 0.4) is 0 Å². The fourth-order valence-corrected chi connectivity index (χ4v) is 3.72. The smallest absolute Gasteiger partial charge is 0.310 e. The normalized spacial score (nSPS) is 11.0. The van der Waals surface area contributed by atoms with Crippen molar-refractivity contribution >= 4 is 28.6 Å². The number of esters is 1. The summed E-state index contributed by atoms with van der Waals surface area (Å²) in [5.41, 5.74) is 4.34. The molecule has 158 valence electrons. The molecule has 31 heavy (non-hydrogen) atoms. The molecule has 0 unspecified atom stereocenters. The molecule has 0 fully saturated rings. The van der Waals surface area contributed by atoms with Gasteiger partial charge in [0.1, 0.15) is 11.4 Å². The summed E-state index contributed by atoms with van der Waals surface area (Å²) < 4.78 is 12.3. The molecule has 7 heteroatoms. The minimum atomic E-state index is -0.229. The van der Waals surface area contributed by atoms with Gasteiger partial charge < -0.3 is 14.0 Å². The molecule has 0 N–H and O–H groups in total. The first-order chi connectivity index (χ1) is 15.0. The molecule has 2 aromatic carbocycles. The van der Waals surface area contributed by atoms with Crippen molar-refractivity contribution in [1.82, 2.24) is 14.5 Å². The highest BCUT2D eigenvalue weighted by Crippen LogP contribution is 2.30. The molecule has 4 rings (SSSR count). The number of ether oxygens (including phenoxy) is 2. The zero-order valence-corrected chi connectivity index (χ0v) is 18.3. The third-order valence-corrected chi connectivity index (χ3v) is 5.31. The van der Waals surface area contributed by atoms with Crippen molar-refractivity contribution in [3.05, 3.63) is 71.0 Å². The van der Waals surface area contributed by atoms with Crippen LogP contribution in [0.4, 0.5) is 0 Å². The fraction of sp³-hybridized carbons (Fsp3) is 0.208. The van der Waals surface area contributed by atoms with Gasteiger partial charge in [0.15, 0.2) is 5.82 Å². The van der Waals surface area contributed by atoms with Gasteiger partial charge in [-0.05, 0) is 55.8 Å². The summed E-state index contributed by atoms with van der Waals surface area (Å²) in [7, 11) is 1.58. The lowest BCUT2D eigenvalue weighted by Gasteiger charge is -2.10. The second kappa shape index (κ2) is 8.78. The van der Waals surface area contributed by atoms with Gasteiger partial charge in [-0.25, -0.2) is 9.97 Å². The molecular weight excluding hydrogens is 414 g/mol. The Kier molecular flexibility index (Phi) is 5.91. The number of aryl methyl sites for hydroxylation is 1. The van der Waals surface area contributed by atoms with E-state index in [4.69, 9.17) is 26.1 Å². The van der Waals surface area contributed by atoms with Crippen molar-refractivity contribution in [3.8, 4) is 22.8 Å². The highest BCUT2D eigenvalue weighted by atomic mass is 35.5. The average Bonchev–Trinajstić information content (AvgIpc) is 3.19.